The molecule has 0 aliphatic carbocycles. The molecule has 190 valence electrons. The molecule has 8 nitrogen and oxygen atoms in total. The Kier molecular flexibility index (Phi) is 7.69. The summed E-state index contributed by atoms with van der Waals surface area (Å²) in [5.41, 5.74) is 0.908. The maximum Gasteiger partial charge on any atom is 0.264 e. The minimum atomic E-state index is -4.30. The highest BCUT2D eigenvalue weighted by molar-refractivity contribution is 7.92. The molecule has 0 aliphatic rings. The number of benzene rings is 3. The van der Waals surface area contributed by atoms with Crippen LogP contribution < -0.4 is 14.9 Å². The molecular weight excluding hydrogens is 497 g/mol. The van der Waals surface area contributed by atoms with Gasteiger partial charge in [0, 0.05) is 0 Å². The number of hydrogen-bond donors (Lipinski definition) is 2. The molecule has 3 aromatic carbocycles. The second-order valence-corrected chi connectivity index (χ2v) is 9.99. The van der Waals surface area contributed by atoms with E-state index < -0.39 is 34.2 Å². The molecule has 0 fully saturated rings. The lowest BCUT2D eigenvalue weighted by Gasteiger charge is -2.24. The molecule has 1 heterocycles. The van der Waals surface area contributed by atoms with Gasteiger partial charge in [-0.25, -0.2) is 12.8 Å². The highest BCUT2D eigenvalue weighted by Crippen LogP contribution is 2.27. The number of carbonyl (C=O) groups excluding carboxylic acids is 2. The monoisotopic (exact) mass is 521 g/mol. The topological polar surface area (TPSA) is 109 Å². The summed E-state index contributed by atoms with van der Waals surface area (Å²) in [5, 5.41) is 5.28. The van der Waals surface area contributed by atoms with E-state index in [4.69, 9.17) is 4.42 Å². The molecule has 4 aromatic rings. The van der Waals surface area contributed by atoms with E-state index in [9.17, 15) is 22.4 Å². The Morgan fingerprint density at radius 2 is 1.62 bits per heavy atom. The summed E-state index contributed by atoms with van der Waals surface area (Å²) in [7, 11) is -4.30. The molecule has 4 rings (SSSR count). The van der Waals surface area contributed by atoms with Crippen LogP contribution in [0.4, 0.5) is 15.8 Å². The average molecular weight is 522 g/mol. The second kappa shape index (κ2) is 11.1. The van der Waals surface area contributed by atoms with E-state index >= 15 is 0 Å². The number of nitrogens with zero attached hydrogens (tertiary/aromatic N) is 1. The van der Waals surface area contributed by atoms with Crippen molar-refractivity contribution in [2.75, 3.05) is 16.2 Å². The minimum absolute atomic E-state index is 0.0909. The third-order valence-electron chi connectivity index (χ3n) is 5.47. The van der Waals surface area contributed by atoms with E-state index in [1.807, 2.05) is 0 Å². The standard InChI is InChI=1S/C27H24FN3O5S/c1-19-12-14-21(15-13-19)37(34,35)31(25-11-5-3-9-23(25)28)18-26(32)30-24-10-4-2-8-22(24)27(33)29-17-20-7-6-16-36-20/h2-16H,17-18H2,1H3,(H,29,33)(H,30,32). The minimum Gasteiger partial charge on any atom is -0.467 e. The molecule has 2 amide bonds. The SMILES string of the molecule is Cc1ccc(S(=O)(=O)N(CC(=O)Nc2ccccc2C(=O)NCc2ccco2)c2ccccc2F)cc1. The van der Waals surface area contributed by atoms with Crippen molar-refractivity contribution in [1.29, 1.82) is 0 Å². The molecular formula is C27H24FN3O5S. The molecule has 0 saturated heterocycles. The maximum atomic E-state index is 14.7. The fraction of sp³-hybridized carbons (Fsp3) is 0.111. The van der Waals surface area contributed by atoms with Gasteiger partial charge in [0.1, 0.15) is 18.1 Å². The Hall–Kier alpha value is -4.44. The predicted octanol–water partition coefficient (Wildman–Crippen LogP) is 4.49. The van der Waals surface area contributed by atoms with Crippen LogP contribution in [0.15, 0.2) is 101 Å². The van der Waals surface area contributed by atoms with Gasteiger partial charge >= 0.3 is 0 Å². The number of nitrogens with one attached hydrogen (secondary N) is 2. The van der Waals surface area contributed by atoms with Crippen molar-refractivity contribution in [3.05, 3.63) is 114 Å². The van der Waals surface area contributed by atoms with Crippen LogP contribution in [0.2, 0.25) is 0 Å². The van der Waals surface area contributed by atoms with Crippen molar-refractivity contribution in [2.45, 2.75) is 18.4 Å². The average Bonchev–Trinajstić information content (AvgIpc) is 3.41. The Bertz CT molecular complexity index is 1500. The Labute approximate surface area is 213 Å². The van der Waals surface area contributed by atoms with Gasteiger partial charge in [-0.2, -0.15) is 0 Å². The third kappa shape index (κ3) is 6.04. The highest BCUT2D eigenvalue weighted by atomic mass is 32.2. The van der Waals surface area contributed by atoms with E-state index in [-0.39, 0.29) is 28.4 Å². The lowest BCUT2D eigenvalue weighted by Crippen LogP contribution is -2.39. The summed E-state index contributed by atoms with van der Waals surface area (Å²) < 4.78 is 47.5. The number of para-hydroxylation sites is 2. The number of carbonyl (C=O) groups is 2. The molecule has 37 heavy (non-hydrogen) atoms. The second-order valence-electron chi connectivity index (χ2n) is 8.13. The summed E-state index contributed by atoms with van der Waals surface area (Å²) in [5.74, 6) is -1.48. The molecule has 0 radical (unpaired) electrons. The molecule has 0 atom stereocenters. The summed E-state index contributed by atoms with van der Waals surface area (Å²) in [6.45, 7) is 1.23. The van der Waals surface area contributed by atoms with Crippen LogP contribution in [0.25, 0.3) is 0 Å². The van der Waals surface area contributed by atoms with Gasteiger partial charge in [-0.15, -0.1) is 0 Å². The third-order valence-corrected chi connectivity index (χ3v) is 7.24. The summed E-state index contributed by atoms with van der Waals surface area (Å²) in [6, 6.07) is 21.0. The van der Waals surface area contributed by atoms with E-state index in [2.05, 4.69) is 10.6 Å². The van der Waals surface area contributed by atoms with Crippen LogP contribution >= 0.6 is 0 Å². The van der Waals surface area contributed by atoms with Crippen molar-refractivity contribution in [2.24, 2.45) is 0 Å². The Morgan fingerprint density at radius 3 is 2.32 bits per heavy atom. The smallest absolute Gasteiger partial charge is 0.264 e. The normalized spacial score (nSPS) is 11.1. The molecule has 0 spiro atoms. The van der Waals surface area contributed by atoms with Crippen molar-refractivity contribution < 1.29 is 26.8 Å². The van der Waals surface area contributed by atoms with Crippen LogP contribution in [-0.2, 0) is 21.4 Å². The fourth-order valence-electron chi connectivity index (χ4n) is 3.58. The lowest BCUT2D eigenvalue weighted by molar-refractivity contribution is -0.114. The number of sulfonamides is 1. The first-order valence-corrected chi connectivity index (χ1v) is 12.7. The first-order valence-electron chi connectivity index (χ1n) is 11.3. The maximum absolute atomic E-state index is 14.7. The van der Waals surface area contributed by atoms with Gasteiger partial charge in [0.15, 0.2) is 0 Å². The number of amides is 2. The van der Waals surface area contributed by atoms with Crippen LogP contribution in [0, 0.1) is 12.7 Å². The van der Waals surface area contributed by atoms with Gasteiger partial charge in [-0.05, 0) is 55.5 Å². The van der Waals surface area contributed by atoms with Crippen molar-refractivity contribution in [3.8, 4) is 0 Å². The zero-order chi connectivity index (χ0) is 26.4. The predicted molar refractivity (Wildman–Crippen MR) is 137 cm³/mol. The zero-order valence-electron chi connectivity index (χ0n) is 19.8. The van der Waals surface area contributed by atoms with Gasteiger partial charge in [0.05, 0.1) is 34.6 Å². The van der Waals surface area contributed by atoms with Gasteiger partial charge in [-0.3, -0.25) is 13.9 Å². The summed E-state index contributed by atoms with van der Waals surface area (Å²) in [6.07, 6.45) is 1.49. The molecule has 1 aromatic heterocycles. The quantitative estimate of drug-likeness (QED) is 0.337. The van der Waals surface area contributed by atoms with Crippen LogP contribution in [0.3, 0.4) is 0 Å². The number of furan rings is 1. The lowest BCUT2D eigenvalue weighted by atomic mass is 10.1. The van der Waals surface area contributed by atoms with E-state index in [1.165, 1.54) is 48.7 Å². The molecule has 0 saturated carbocycles. The number of hydrogen-bond acceptors (Lipinski definition) is 5. The van der Waals surface area contributed by atoms with Crippen molar-refractivity contribution in [1.82, 2.24) is 5.32 Å². The fourth-order valence-corrected chi connectivity index (χ4v) is 5.01. The molecule has 2 N–H and O–H groups in total. The number of aryl methyl sites for hydroxylation is 1. The Morgan fingerprint density at radius 1 is 0.919 bits per heavy atom. The van der Waals surface area contributed by atoms with Crippen LogP contribution in [0.1, 0.15) is 21.7 Å². The Balaban J connectivity index is 1.58. The van der Waals surface area contributed by atoms with Gasteiger partial charge in [0.25, 0.3) is 15.9 Å². The van der Waals surface area contributed by atoms with Crippen molar-refractivity contribution in [3.63, 3.8) is 0 Å². The first-order chi connectivity index (χ1) is 17.8. The molecule has 10 heteroatoms. The summed E-state index contributed by atoms with van der Waals surface area (Å²) >= 11 is 0. The van der Waals surface area contributed by atoms with Crippen molar-refractivity contribution >= 4 is 33.2 Å². The van der Waals surface area contributed by atoms with Gasteiger partial charge < -0.3 is 15.1 Å². The summed E-state index contributed by atoms with van der Waals surface area (Å²) in [4.78, 5) is 25.7. The van der Waals surface area contributed by atoms with E-state index in [1.54, 1.807) is 43.3 Å². The molecule has 0 unspecified atom stereocenters. The first kappa shape index (κ1) is 25.6. The number of rotatable bonds is 9. The van der Waals surface area contributed by atoms with Gasteiger partial charge in [-0.1, -0.05) is 42.0 Å². The number of anilines is 2. The highest BCUT2D eigenvalue weighted by Gasteiger charge is 2.29. The largest absolute Gasteiger partial charge is 0.467 e. The van der Waals surface area contributed by atoms with Gasteiger partial charge in [0.2, 0.25) is 5.91 Å². The van der Waals surface area contributed by atoms with Crippen LogP contribution in [-0.4, -0.2) is 26.8 Å². The number of halogens is 1. The zero-order valence-corrected chi connectivity index (χ0v) is 20.7. The van der Waals surface area contributed by atoms with Crippen LogP contribution in [0.5, 0.6) is 0 Å². The molecule has 0 bridgehead atoms. The molecule has 0 aliphatic heterocycles. The van der Waals surface area contributed by atoms with E-state index in [0.717, 1.165) is 11.6 Å². The van der Waals surface area contributed by atoms with E-state index in [0.29, 0.717) is 10.1 Å².